The van der Waals surface area contributed by atoms with E-state index >= 15 is 0 Å². The van der Waals surface area contributed by atoms with Crippen molar-refractivity contribution in [1.82, 2.24) is 19.4 Å². The second kappa shape index (κ2) is 14.1. The van der Waals surface area contributed by atoms with E-state index in [-0.39, 0.29) is 22.0 Å². The molecule has 1 heterocycles. The lowest BCUT2D eigenvalue weighted by Crippen LogP contribution is -2.44. The molecule has 44 heavy (non-hydrogen) atoms. The third-order valence-electron chi connectivity index (χ3n) is 6.81. The Morgan fingerprint density at radius 3 is 2.25 bits per heavy atom. The van der Waals surface area contributed by atoms with Crippen LogP contribution >= 0.6 is 23.2 Å². The van der Waals surface area contributed by atoms with Gasteiger partial charge in [0.05, 0.1) is 38.3 Å². The Labute approximate surface area is 264 Å². The summed E-state index contributed by atoms with van der Waals surface area (Å²) in [6.07, 6.45) is -0.346. The highest BCUT2D eigenvalue weighted by atomic mass is 35.5. The number of aromatic nitrogens is 2. The van der Waals surface area contributed by atoms with Crippen LogP contribution in [0.15, 0.2) is 70.3 Å². The van der Waals surface area contributed by atoms with Gasteiger partial charge in [-0.05, 0) is 76.0 Å². The van der Waals surface area contributed by atoms with Crippen molar-refractivity contribution in [2.75, 3.05) is 27.2 Å². The summed E-state index contributed by atoms with van der Waals surface area (Å²) < 4.78 is 13.7. The van der Waals surface area contributed by atoms with Crippen LogP contribution in [0.25, 0.3) is 16.6 Å². The first-order valence-corrected chi connectivity index (χ1v) is 14.7. The minimum Gasteiger partial charge on any atom is -0.492 e. The molecule has 0 aliphatic carbocycles. The van der Waals surface area contributed by atoms with Gasteiger partial charge in [0.2, 0.25) is 0 Å². The maximum absolute atomic E-state index is 13.6. The third kappa shape index (κ3) is 7.50. The fraction of sp³-hybridized carbons (Fsp3) is 0.312. The van der Waals surface area contributed by atoms with E-state index in [1.165, 1.54) is 16.7 Å². The lowest BCUT2D eigenvalue weighted by atomic mass is 10.0. The van der Waals surface area contributed by atoms with Gasteiger partial charge in [0.15, 0.2) is 0 Å². The van der Waals surface area contributed by atoms with E-state index in [4.69, 9.17) is 32.7 Å². The van der Waals surface area contributed by atoms with Crippen LogP contribution in [0.1, 0.15) is 29.8 Å². The Kier molecular flexibility index (Phi) is 10.5. The Morgan fingerprint density at radius 1 is 0.977 bits per heavy atom. The molecule has 1 amide bonds. The number of carbonyl (C=O) groups is 2. The average Bonchev–Trinajstić information content (AvgIpc) is 2.96. The topological polar surface area (TPSA) is 112 Å². The highest BCUT2D eigenvalue weighted by molar-refractivity contribution is 6.39. The molecule has 4 aromatic rings. The van der Waals surface area contributed by atoms with Gasteiger partial charge in [-0.1, -0.05) is 41.4 Å². The summed E-state index contributed by atoms with van der Waals surface area (Å²) in [5.74, 6) is -0.737. The van der Waals surface area contributed by atoms with Crippen molar-refractivity contribution in [3.63, 3.8) is 0 Å². The molecule has 4 rings (SSSR count). The highest BCUT2D eigenvalue weighted by Crippen LogP contribution is 2.24. The molecule has 1 aromatic heterocycles. The van der Waals surface area contributed by atoms with E-state index in [0.29, 0.717) is 41.1 Å². The molecule has 0 saturated carbocycles. The Bertz CT molecular complexity index is 1780. The van der Waals surface area contributed by atoms with Gasteiger partial charge in [0.25, 0.3) is 11.5 Å². The van der Waals surface area contributed by atoms with Crippen LogP contribution in [0.3, 0.4) is 0 Å². The number of hydrogen-bond acceptors (Lipinski definition) is 7. The first kappa shape index (κ1) is 32.8. The number of likely N-dealkylation sites (N-methyl/N-ethyl adjacent to an activating group) is 1. The molecule has 0 saturated heterocycles. The quantitative estimate of drug-likeness (QED) is 0.244. The molecular weight excluding hydrogens is 607 g/mol. The van der Waals surface area contributed by atoms with Crippen LogP contribution in [0.5, 0.6) is 5.75 Å². The van der Waals surface area contributed by atoms with Crippen LogP contribution in [0.2, 0.25) is 10.0 Å². The number of hydrogen-bond donors (Lipinski definition) is 1. The second-order valence-corrected chi connectivity index (χ2v) is 11.6. The van der Waals surface area contributed by atoms with Crippen molar-refractivity contribution in [1.29, 1.82) is 0 Å². The summed E-state index contributed by atoms with van der Waals surface area (Å²) in [5.41, 5.74) is 0.510. The normalized spacial score (nSPS) is 12.0. The smallest absolute Gasteiger partial charge is 0.335 e. The molecule has 0 fully saturated rings. The van der Waals surface area contributed by atoms with Crippen molar-refractivity contribution in [3.8, 4) is 11.4 Å². The predicted molar refractivity (Wildman–Crippen MR) is 171 cm³/mol. The molecule has 0 aliphatic rings. The van der Waals surface area contributed by atoms with Crippen molar-refractivity contribution < 1.29 is 19.1 Å². The van der Waals surface area contributed by atoms with Crippen molar-refractivity contribution in [2.45, 2.75) is 32.4 Å². The zero-order chi connectivity index (χ0) is 32.1. The molecule has 0 unspecified atom stereocenters. The van der Waals surface area contributed by atoms with Gasteiger partial charge in [-0.3, -0.25) is 14.2 Å². The number of nitrogens with zero attached hydrogens (tertiary/aromatic N) is 3. The number of fused-ring (bicyclic) bond motifs is 1. The zero-order valence-corrected chi connectivity index (χ0v) is 26.6. The Morgan fingerprint density at radius 2 is 1.64 bits per heavy atom. The summed E-state index contributed by atoms with van der Waals surface area (Å²) in [6.45, 7) is 4.56. The van der Waals surface area contributed by atoms with E-state index in [1.807, 2.05) is 19.0 Å². The molecule has 0 bridgehead atoms. The Hall–Kier alpha value is -4.12. The van der Waals surface area contributed by atoms with E-state index < -0.39 is 35.3 Å². The number of rotatable bonds is 11. The maximum Gasteiger partial charge on any atom is 0.335 e. The largest absolute Gasteiger partial charge is 0.492 e. The number of benzene rings is 3. The van der Waals surface area contributed by atoms with Gasteiger partial charge in [0, 0.05) is 20.0 Å². The maximum atomic E-state index is 13.6. The van der Waals surface area contributed by atoms with Gasteiger partial charge in [0.1, 0.15) is 18.4 Å². The van der Waals surface area contributed by atoms with E-state index in [2.05, 4.69) is 5.32 Å². The summed E-state index contributed by atoms with van der Waals surface area (Å²) in [5, 5.41) is 3.30. The third-order valence-corrected chi connectivity index (χ3v) is 7.44. The Balaban J connectivity index is 1.63. The van der Waals surface area contributed by atoms with E-state index in [9.17, 15) is 19.2 Å². The minimum atomic E-state index is -1.06. The van der Waals surface area contributed by atoms with Gasteiger partial charge in [-0.25, -0.2) is 14.2 Å². The lowest BCUT2D eigenvalue weighted by molar-refractivity contribution is -0.149. The molecule has 3 aromatic carbocycles. The first-order valence-electron chi connectivity index (χ1n) is 14.0. The van der Waals surface area contributed by atoms with Crippen molar-refractivity contribution in [2.24, 2.45) is 7.05 Å². The number of amides is 1. The number of carbonyl (C=O) groups excluding carboxylic acids is 2. The molecule has 0 spiro atoms. The van der Waals surface area contributed by atoms with Gasteiger partial charge in [-0.2, -0.15) is 0 Å². The monoisotopic (exact) mass is 640 g/mol. The number of ether oxygens (including phenoxy) is 2. The van der Waals surface area contributed by atoms with Crippen LogP contribution in [-0.2, 0) is 23.0 Å². The van der Waals surface area contributed by atoms with E-state index in [1.54, 1.807) is 69.4 Å². The SMILES string of the molecule is CC(C)OC(=O)[C@H](Cc1ccc(-n2c(=O)c3cc(OCCN(C)C)ccc3n(C)c2=O)cc1)NC(=O)c1c(Cl)cccc1Cl. The number of aryl methyl sites for hydroxylation is 1. The summed E-state index contributed by atoms with van der Waals surface area (Å²) in [6, 6.07) is 15.2. The second-order valence-electron chi connectivity index (χ2n) is 10.8. The average molecular weight is 642 g/mol. The molecule has 1 atom stereocenters. The minimum absolute atomic E-state index is 0.0475. The lowest BCUT2D eigenvalue weighted by Gasteiger charge is -2.20. The summed E-state index contributed by atoms with van der Waals surface area (Å²) >= 11 is 12.4. The first-order chi connectivity index (χ1) is 20.9. The van der Waals surface area contributed by atoms with Gasteiger partial charge in [-0.15, -0.1) is 0 Å². The number of nitrogens with one attached hydrogen (secondary N) is 1. The standard InChI is InChI=1S/C32H34Cl2N4O6/c1-19(2)44-31(41)26(35-29(39)28-24(33)7-6-8-25(28)34)17-20-9-11-21(12-10-20)38-30(40)23-18-22(43-16-15-36(3)4)13-14-27(23)37(5)32(38)42/h6-14,18-19,26H,15-17H2,1-5H3,(H,35,39)/t26-/m0/s1. The number of halogens is 2. The van der Waals surface area contributed by atoms with Crippen LogP contribution < -0.4 is 21.3 Å². The number of esters is 1. The van der Waals surface area contributed by atoms with Gasteiger partial charge < -0.3 is 19.7 Å². The molecule has 0 aliphatic heterocycles. The van der Waals surface area contributed by atoms with Gasteiger partial charge >= 0.3 is 11.7 Å². The molecule has 0 radical (unpaired) electrons. The zero-order valence-electron chi connectivity index (χ0n) is 25.1. The molecule has 12 heteroatoms. The van der Waals surface area contributed by atoms with Crippen LogP contribution in [0, 0.1) is 0 Å². The molecule has 232 valence electrons. The highest BCUT2D eigenvalue weighted by Gasteiger charge is 2.26. The summed E-state index contributed by atoms with van der Waals surface area (Å²) in [7, 11) is 5.47. The molecular formula is C32H34Cl2N4O6. The van der Waals surface area contributed by atoms with Crippen molar-refractivity contribution >= 4 is 46.0 Å². The van der Waals surface area contributed by atoms with E-state index in [0.717, 1.165) is 4.57 Å². The van der Waals surface area contributed by atoms with Crippen LogP contribution in [-0.4, -0.2) is 65.3 Å². The molecule has 1 N–H and O–H groups in total. The fourth-order valence-corrected chi connectivity index (χ4v) is 5.14. The summed E-state index contributed by atoms with van der Waals surface area (Å²) in [4.78, 5) is 54.8. The fourth-order valence-electron chi connectivity index (χ4n) is 4.57. The predicted octanol–water partition coefficient (Wildman–Crippen LogP) is 4.23. The van der Waals surface area contributed by atoms with Crippen molar-refractivity contribution in [3.05, 3.63) is 103 Å². The van der Waals surface area contributed by atoms with Crippen LogP contribution in [0.4, 0.5) is 0 Å². The molecule has 10 nitrogen and oxygen atoms in total.